The predicted molar refractivity (Wildman–Crippen MR) is 115 cm³/mol. The Labute approximate surface area is 181 Å². The molecule has 10 heteroatoms. The Bertz CT molecular complexity index is 1190. The van der Waals surface area contributed by atoms with E-state index in [9.17, 15) is 20.0 Å². The maximum atomic E-state index is 13.2. The quantitative estimate of drug-likeness (QED) is 0.256. The van der Waals surface area contributed by atoms with E-state index in [1.165, 1.54) is 28.5 Å². The van der Waals surface area contributed by atoms with Crippen molar-refractivity contribution in [2.45, 2.75) is 36.9 Å². The summed E-state index contributed by atoms with van der Waals surface area (Å²) in [6.45, 7) is 2.00. The number of nitro groups is 1. The minimum atomic E-state index is -0.452. The zero-order valence-electron chi connectivity index (χ0n) is 16.8. The van der Waals surface area contributed by atoms with Crippen LogP contribution in [0, 0.1) is 10.1 Å². The Balaban J connectivity index is 1.77. The first kappa shape index (κ1) is 21.3. The van der Waals surface area contributed by atoms with Crippen LogP contribution in [0.15, 0.2) is 46.3 Å². The molecule has 0 amide bonds. The van der Waals surface area contributed by atoms with Crippen LogP contribution in [0.5, 0.6) is 5.75 Å². The molecule has 1 atom stereocenters. The number of rotatable bonds is 7. The van der Waals surface area contributed by atoms with Gasteiger partial charge in [0.05, 0.1) is 35.1 Å². The van der Waals surface area contributed by atoms with E-state index in [0.29, 0.717) is 45.1 Å². The summed E-state index contributed by atoms with van der Waals surface area (Å²) in [6, 6.07) is 9.57. The van der Waals surface area contributed by atoms with Crippen LogP contribution in [0.4, 0.5) is 5.69 Å². The topological polar surface area (TPSA) is 117 Å². The summed E-state index contributed by atoms with van der Waals surface area (Å²) in [7, 11) is 0. The molecule has 0 unspecified atom stereocenters. The summed E-state index contributed by atoms with van der Waals surface area (Å²) >= 11 is 1.28. The number of hydrogen-bond acceptors (Lipinski definition) is 8. The number of para-hydroxylation sites is 1. The summed E-state index contributed by atoms with van der Waals surface area (Å²) < 4.78 is 12.4. The fraction of sp³-hybridized carbons (Fsp3) is 0.333. The summed E-state index contributed by atoms with van der Waals surface area (Å²) in [5.41, 5.74) is 1.53. The number of thioether (sulfide) groups is 1. The third-order valence-electron chi connectivity index (χ3n) is 5.16. The van der Waals surface area contributed by atoms with Gasteiger partial charge in [0.15, 0.2) is 11.9 Å². The monoisotopic (exact) mass is 443 g/mol. The highest BCUT2D eigenvalue weighted by atomic mass is 32.2. The molecule has 4 rings (SSSR count). The molecule has 0 saturated heterocycles. The molecule has 0 bridgehead atoms. The van der Waals surface area contributed by atoms with Gasteiger partial charge in [0.2, 0.25) is 0 Å². The fourth-order valence-electron chi connectivity index (χ4n) is 3.58. The average Bonchev–Trinajstić information content (AvgIpc) is 2.79. The lowest BCUT2D eigenvalue weighted by Crippen LogP contribution is -2.29. The minimum absolute atomic E-state index is 0.0471. The van der Waals surface area contributed by atoms with Gasteiger partial charge in [-0.1, -0.05) is 30.8 Å². The van der Waals surface area contributed by atoms with E-state index in [0.717, 1.165) is 0 Å². The molecule has 9 nitrogen and oxygen atoms in total. The smallest absolute Gasteiger partial charge is 0.270 e. The molecule has 0 radical (unpaired) electrons. The number of ether oxygens (including phenoxy) is 2. The summed E-state index contributed by atoms with van der Waals surface area (Å²) in [6.07, 6.45) is 0.552. The van der Waals surface area contributed by atoms with Crippen molar-refractivity contribution in [3.05, 3.63) is 68.0 Å². The van der Waals surface area contributed by atoms with Gasteiger partial charge in [0.25, 0.3) is 11.2 Å². The first-order chi connectivity index (χ1) is 15.0. The average molecular weight is 443 g/mol. The van der Waals surface area contributed by atoms with E-state index >= 15 is 0 Å². The predicted octanol–water partition coefficient (Wildman–Crippen LogP) is 3.41. The van der Waals surface area contributed by atoms with Crippen LogP contribution in [-0.4, -0.2) is 33.0 Å². The lowest BCUT2D eigenvalue weighted by Gasteiger charge is -2.22. The van der Waals surface area contributed by atoms with Crippen molar-refractivity contribution in [1.29, 1.82) is 0 Å². The standard InChI is InChI=1S/C21H21N3O6S/c1-2-15(9-25)23-20(26)17-5-3-4-6-18(17)22-21(23)31-11-14-8-16(24(27)28)7-13-10-29-12-30-19(13)14/h3-8,15,25H,2,9-12H2,1H3/t15-/m1/s1. The van der Waals surface area contributed by atoms with Crippen LogP contribution < -0.4 is 10.3 Å². The lowest BCUT2D eigenvalue weighted by molar-refractivity contribution is -0.385. The Morgan fingerprint density at radius 2 is 2.16 bits per heavy atom. The second-order valence-corrected chi connectivity index (χ2v) is 8.02. The Kier molecular flexibility index (Phi) is 6.21. The third-order valence-corrected chi connectivity index (χ3v) is 6.16. The van der Waals surface area contributed by atoms with Crippen LogP contribution in [-0.2, 0) is 17.1 Å². The number of aliphatic hydroxyl groups excluding tert-OH is 1. The van der Waals surface area contributed by atoms with Crippen LogP contribution >= 0.6 is 11.8 Å². The molecule has 0 spiro atoms. The molecular formula is C21H21N3O6S. The van der Waals surface area contributed by atoms with Gasteiger partial charge >= 0.3 is 0 Å². The molecule has 2 heterocycles. The maximum Gasteiger partial charge on any atom is 0.270 e. The zero-order valence-corrected chi connectivity index (χ0v) is 17.6. The number of aliphatic hydroxyl groups is 1. The van der Waals surface area contributed by atoms with Crippen LogP contribution in [0.3, 0.4) is 0 Å². The summed E-state index contributed by atoms with van der Waals surface area (Å²) in [5.74, 6) is 0.865. The van der Waals surface area contributed by atoms with Gasteiger partial charge in [-0.2, -0.15) is 0 Å². The molecular weight excluding hydrogens is 422 g/mol. The zero-order chi connectivity index (χ0) is 22.0. The first-order valence-electron chi connectivity index (χ1n) is 9.79. The molecule has 0 aliphatic carbocycles. The van der Waals surface area contributed by atoms with E-state index in [1.807, 2.05) is 13.0 Å². The van der Waals surface area contributed by atoms with Crippen molar-refractivity contribution in [2.24, 2.45) is 0 Å². The molecule has 0 saturated carbocycles. The highest BCUT2D eigenvalue weighted by Gasteiger charge is 2.23. The molecule has 3 aromatic rings. The summed E-state index contributed by atoms with van der Waals surface area (Å²) in [4.78, 5) is 28.7. The number of non-ortho nitro benzene ring substituents is 1. The molecule has 1 aliphatic heterocycles. The molecule has 31 heavy (non-hydrogen) atoms. The highest BCUT2D eigenvalue weighted by Crippen LogP contribution is 2.36. The van der Waals surface area contributed by atoms with Gasteiger partial charge in [0.1, 0.15) is 5.75 Å². The highest BCUT2D eigenvalue weighted by molar-refractivity contribution is 7.98. The second-order valence-electron chi connectivity index (χ2n) is 7.08. The van der Waals surface area contributed by atoms with Crippen LogP contribution in [0.2, 0.25) is 0 Å². The normalized spacial score (nSPS) is 14.1. The van der Waals surface area contributed by atoms with Crippen molar-refractivity contribution in [2.75, 3.05) is 13.4 Å². The summed E-state index contributed by atoms with van der Waals surface area (Å²) in [5, 5.41) is 22.1. The molecule has 2 aromatic carbocycles. The van der Waals surface area contributed by atoms with Gasteiger partial charge < -0.3 is 14.6 Å². The first-order valence-corrected chi connectivity index (χ1v) is 10.8. The molecule has 162 valence electrons. The number of nitro benzene ring substituents is 1. The van der Waals surface area contributed by atoms with Crippen molar-refractivity contribution < 1.29 is 19.5 Å². The number of benzene rings is 2. The molecule has 1 aromatic heterocycles. The number of fused-ring (bicyclic) bond motifs is 2. The van der Waals surface area contributed by atoms with E-state index in [1.54, 1.807) is 18.2 Å². The van der Waals surface area contributed by atoms with Gasteiger partial charge in [-0.25, -0.2) is 4.98 Å². The van der Waals surface area contributed by atoms with Crippen LogP contribution in [0.1, 0.15) is 30.5 Å². The van der Waals surface area contributed by atoms with Gasteiger partial charge in [0, 0.05) is 29.0 Å². The molecule has 1 N–H and O–H groups in total. The largest absolute Gasteiger partial charge is 0.467 e. The molecule has 1 aliphatic rings. The van der Waals surface area contributed by atoms with Crippen molar-refractivity contribution in [3.63, 3.8) is 0 Å². The second kappa shape index (κ2) is 9.04. The maximum absolute atomic E-state index is 13.2. The van der Waals surface area contributed by atoms with Crippen LogP contribution in [0.25, 0.3) is 10.9 Å². The lowest BCUT2D eigenvalue weighted by atomic mass is 10.1. The van der Waals surface area contributed by atoms with Gasteiger partial charge in [-0.05, 0) is 18.6 Å². The van der Waals surface area contributed by atoms with E-state index in [-0.39, 0.29) is 31.3 Å². The Morgan fingerprint density at radius 1 is 1.35 bits per heavy atom. The van der Waals surface area contributed by atoms with E-state index in [2.05, 4.69) is 4.98 Å². The SMILES string of the molecule is CC[C@H](CO)n1c(SCc2cc([N+](=O)[O-])cc3c2OCOC3)nc2ccccc2c1=O. The number of nitrogens with zero attached hydrogens (tertiary/aromatic N) is 3. The molecule has 0 fully saturated rings. The fourth-order valence-corrected chi connectivity index (χ4v) is 4.61. The van der Waals surface area contributed by atoms with Gasteiger partial charge in [-0.15, -0.1) is 0 Å². The van der Waals surface area contributed by atoms with Crippen molar-refractivity contribution in [1.82, 2.24) is 9.55 Å². The third kappa shape index (κ3) is 4.14. The van der Waals surface area contributed by atoms with Crippen molar-refractivity contribution >= 4 is 28.4 Å². The van der Waals surface area contributed by atoms with E-state index in [4.69, 9.17) is 9.47 Å². The van der Waals surface area contributed by atoms with Crippen molar-refractivity contribution in [3.8, 4) is 5.75 Å². The minimum Gasteiger partial charge on any atom is -0.467 e. The van der Waals surface area contributed by atoms with Gasteiger partial charge in [-0.3, -0.25) is 19.5 Å². The number of aromatic nitrogens is 2. The Hall–Kier alpha value is -2.95. The number of hydrogen-bond donors (Lipinski definition) is 1. The Morgan fingerprint density at radius 3 is 2.90 bits per heavy atom. The van der Waals surface area contributed by atoms with E-state index < -0.39 is 11.0 Å².